The molecule has 5 nitrogen and oxygen atoms in total. The number of carbonyl (C=O) groups is 1. The number of nitrogens with one attached hydrogen (secondary N) is 2. The third-order valence-electron chi connectivity index (χ3n) is 3.74. The fourth-order valence-electron chi connectivity index (χ4n) is 2.27. The van der Waals surface area contributed by atoms with Gasteiger partial charge < -0.3 is 20.8 Å². The molecule has 24 heavy (non-hydrogen) atoms. The molecule has 0 aliphatic heterocycles. The number of rotatable bonds is 6. The van der Waals surface area contributed by atoms with Gasteiger partial charge >= 0.3 is 6.03 Å². The Morgan fingerprint density at radius 1 is 1.17 bits per heavy atom. The first kappa shape index (κ1) is 17.7. The highest BCUT2D eigenvalue weighted by molar-refractivity contribution is 5.74. The van der Waals surface area contributed by atoms with Gasteiger partial charge in [-0.25, -0.2) is 9.18 Å². The lowest BCUT2D eigenvalue weighted by molar-refractivity contribution is 0.216. The molecule has 1 unspecified atom stereocenters. The number of hydrogen-bond acceptors (Lipinski definition) is 3. The molecule has 0 saturated heterocycles. The maximum Gasteiger partial charge on any atom is 0.315 e. The molecule has 0 radical (unpaired) electrons. The summed E-state index contributed by atoms with van der Waals surface area (Å²) in [6.07, 6.45) is 0.918. The van der Waals surface area contributed by atoms with E-state index in [2.05, 4.69) is 17.6 Å². The number of carbonyl (C=O) groups excluding carboxylic acids is 1. The van der Waals surface area contributed by atoms with Crippen LogP contribution in [0.15, 0.2) is 42.5 Å². The number of amides is 2. The molecule has 0 saturated carbocycles. The standard InChI is InChI=1S/C18H21FN2O3/c1-2-12-3-6-14(7-4-12)16(11-22)21-18(24)20-10-13-5-8-17(23)15(19)9-13/h3-9,16,22-23H,2,10-11H2,1H3,(H2,20,21,24). The van der Waals surface area contributed by atoms with E-state index < -0.39 is 23.6 Å². The zero-order chi connectivity index (χ0) is 17.5. The Morgan fingerprint density at radius 3 is 2.42 bits per heavy atom. The highest BCUT2D eigenvalue weighted by Crippen LogP contribution is 2.16. The van der Waals surface area contributed by atoms with E-state index >= 15 is 0 Å². The zero-order valence-corrected chi connectivity index (χ0v) is 13.4. The first-order valence-electron chi connectivity index (χ1n) is 7.75. The molecule has 2 aromatic rings. The van der Waals surface area contributed by atoms with Gasteiger partial charge in [-0.15, -0.1) is 0 Å². The average molecular weight is 332 g/mol. The van der Waals surface area contributed by atoms with E-state index in [1.807, 2.05) is 24.3 Å². The molecule has 0 aliphatic carbocycles. The van der Waals surface area contributed by atoms with Crippen molar-refractivity contribution >= 4 is 6.03 Å². The topological polar surface area (TPSA) is 81.6 Å². The fourth-order valence-corrected chi connectivity index (χ4v) is 2.27. The lowest BCUT2D eigenvalue weighted by atomic mass is 10.0. The average Bonchev–Trinajstić information content (AvgIpc) is 2.61. The van der Waals surface area contributed by atoms with Gasteiger partial charge in [0.2, 0.25) is 0 Å². The number of phenolic OH excluding ortho intramolecular Hbond substituents is 1. The number of halogens is 1. The predicted octanol–water partition coefficient (Wildman–Crippen LogP) is 2.63. The number of benzene rings is 2. The van der Waals surface area contributed by atoms with Crippen molar-refractivity contribution in [3.63, 3.8) is 0 Å². The lowest BCUT2D eigenvalue weighted by Gasteiger charge is -2.17. The van der Waals surface area contributed by atoms with Crippen LogP contribution in [0.3, 0.4) is 0 Å². The second-order valence-electron chi connectivity index (χ2n) is 5.44. The number of hydrogen-bond donors (Lipinski definition) is 4. The molecular formula is C18H21FN2O3. The summed E-state index contributed by atoms with van der Waals surface area (Å²) >= 11 is 0. The Balaban J connectivity index is 1.92. The van der Waals surface area contributed by atoms with Crippen molar-refractivity contribution in [2.75, 3.05) is 6.61 Å². The third-order valence-corrected chi connectivity index (χ3v) is 3.74. The lowest BCUT2D eigenvalue weighted by Crippen LogP contribution is -2.38. The molecule has 0 bridgehead atoms. The predicted molar refractivity (Wildman–Crippen MR) is 89.1 cm³/mol. The highest BCUT2D eigenvalue weighted by Gasteiger charge is 2.13. The minimum absolute atomic E-state index is 0.107. The summed E-state index contributed by atoms with van der Waals surface area (Å²) in [4.78, 5) is 12.0. The monoisotopic (exact) mass is 332 g/mol. The third kappa shape index (κ3) is 4.70. The van der Waals surface area contributed by atoms with Crippen LogP contribution in [0, 0.1) is 5.82 Å². The smallest absolute Gasteiger partial charge is 0.315 e. The van der Waals surface area contributed by atoms with Gasteiger partial charge in [0.05, 0.1) is 12.6 Å². The quantitative estimate of drug-likeness (QED) is 0.656. The molecule has 0 heterocycles. The van der Waals surface area contributed by atoms with Gasteiger partial charge in [-0.2, -0.15) is 0 Å². The molecule has 2 aromatic carbocycles. The van der Waals surface area contributed by atoms with Gasteiger partial charge in [0.1, 0.15) is 0 Å². The van der Waals surface area contributed by atoms with Gasteiger partial charge in [-0.1, -0.05) is 37.3 Å². The van der Waals surface area contributed by atoms with Crippen LogP contribution < -0.4 is 10.6 Å². The normalized spacial score (nSPS) is 11.8. The van der Waals surface area contributed by atoms with Gasteiger partial charge in [0, 0.05) is 6.54 Å². The van der Waals surface area contributed by atoms with E-state index in [0.29, 0.717) is 5.56 Å². The molecule has 2 rings (SSSR count). The second-order valence-corrected chi connectivity index (χ2v) is 5.44. The molecule has 0 spiro atoms. The number of aliphatic hydroxyl groups is 1. The molecule has 4 N–H and O–H groups in total. The van der Waals surface area contributed by atoms with Crippen LogP contribution in [0.2, 0.25) is 0 Å². The van der Waals surface area contributed by atoms with Crippen LogP contribution >= 0.6 is 0 Å². The number of phenols is 1. The zero-order valence-electron chi connectivity index (χ0n) is 13.4. The first-order valence-corrected chi connectivity index (χ1v) is 7.75. The van der Waals surface area contributed by atoms with Gasteiger partial charge in [-0.05, 0) is 35.2 Å². The summed E-state index contributed by atoms with van der Waals surface area (Å²) in [6, 6.07) is 10.6. The molecular weight excluding hydrogens is 311 g/mol. The van der Waals surface area contributed by atoms with Crippen molar-refractivity contribution in [2.24, 2.45) is 0 Å². The Kier molecular flexibility index (Phi) is 6.14. The van der Waals surface area contributed by atoms with Crippen LogP contribution in [0.1, 0.15) is 29.7 Å². The molecule has 2 amide bonds. The summed E-state index contributed by atoms with van der Waals surface area (Å²) in [7, 11) is 0. The summed E-state index contributed by atoms with van der Waals surface area (Å²) in [6.45, 7) is 1.93. The highest BCUT2D eigenvalue weighted by atomic mass is 19.1. The summed E-state index contributed by atoms with van der Waals surface area (Å²) in [5.74, 6) is -1.17. The van der Waals surface area contributed by atoms with Gasteiger partial charge in [0.15, 0.2) is 11.6 Å². The van der Waals surface area contributed by atoms with Crippen molar-refractivity contribution in [3.8, 4) is 5.75 Å². The Labute approximate surface area is 140 Å². The molecule has 128 valence electrons. The Morgan fingerprint density at radius 2 is 1.83 bits per heavy atom. The summed E-state index contributed by atoms with van der Waals surface area (Å²) in [5, 5.41) is 23.9. The Hall–Kier alpha value is -2.60. The maximum atomic E-state index is 13.2. The second kappa shape index (κ2) is 8.31. The Bertz CT molecular complexity index is 689. The van der Waals surface area contributed by atoms with E-state index in [1.54, 1.807) is 0 Å². The SMILES string of the molecule is CCc1ccc(C(CO)NC(=O)NCc2ccc(O)c(F)c2)cc1. The molecule has 0 fully saturated rings. The minimum atomic E-state index is -0.737. The van der Waals surface area contributed by atoms with Crippen molar-refractivity contribution in [3.05, 3.63) is 65.0 Å². The fraction of sp³-hybridized carbons (Fsp3) is 0.278. The molecule has 0 aromatic heterocycles. The number of urea groups is 1. The minimum Gasteiger partial charge on any atom is -0.505 e. The van der Waals surface area contributed by atoms with Crippen molar-refractivity contribution in [1.82, 2.24) is 10.6 Å². The van der Waals surface area contributed by atoms with Crippen LogP contribution in [0.25, 0.3) is 0 Å². The number of aromatic hydroxyl groups is 1. The number of aliphatic hydroxyl groups excluding tert-OH is 1. The largest absolute Gasteiger partial charge is 0.505 e. The summed E-state index contributed by atoms with van der Waals surface area (Å²) < 4.78 is 13.2. The van der Waals surface area contributed by atoms with Crippen molar-refractivity contribution in [1.29, 1.82) is 0 Å². The van der Waals surface area contributed by atoms with E-state index in [4.69, 9.17) is 5.11 Å². The van der Waals surface area contributed by atoms with Crippen molar-refractivity contribution < 1.29 is 19.4 Å². The van der Waals surface area contributed by atoms with E-state index in [0.717, 1.165) is 18.1 Å². The van der Waals surface area contributed by atoms with E-state index in [1.165, 1.54) is 17.7 Å². The first-order chi connectivity index (χ1) is 11.5. The number of aryl methyl sites for hydroxylation is 1. The molecule has 0 aliphatic rings. The van der Waals surface area contributed by atoms with E-state index in [9.17, 15) is 14.3 Å². The summed E-state index contributed by atoms with van der Waals surface area (Å²) in [5.41, 5.74) is 2.50. The van der Waals surface area contributed by atoms with Crippen LogP contribution in [-0.4, -0.2) is 22.9 Å². The van der Waals surface area contributed by atoms with E-state index in [-0.39, 0.29) is 13.2 Å². The maximum absolute atomic E-state index is 13.2. The van der Waals surface area contributed by atoms with Crippen molar-refractivity contribution in [2.45, 2.75) is 25.9 Å². The van der Waals surface area contributed by atoms with Crippen LogP contribution in [0.5, 0.6) is 5.75 Å². The molecule has 1 atom stereocenters. The van der Waals surface area contributed by atoms with Gasteiger partial charge in [0.25, 0.3) is 0 Å². The van der Waals surface area contributed by atoms with Gasteiger partial charge in [-0.3, -0.25) is 0 Å². The molecule has 6 heteroatoms. The van der Waals surface area contributed by atoms with Crippen LogP contribution in [-0.2, 0) is 13.0 Å². The van der Waals surface area contributed by atoms with Crippen LogP contribution in [0.4, 0.5) is 9.18 Å².